The molecule has 98 valence electrons. The van der Waals surface area contributed by atoms with E-state index in [1.54, 1.807) is 36.4 Å². The largest absolute Gasteiger partial charge is 0.399 e. The number of nitrogens with one attached hydrogen (secondary N) is 1. The van der Waals surface area contributed by atoms with Crippen LogP contribution in [0.1, 0.15) is 10.4 Å². The Morgan fingerprint density at radius 1 is 1.16 bits per heavy atom. The molecular weight excluding hydrogens is 395 g/mol. The smallest absolute Gasteiger partial charge is 0.255 e. The van der Waals surface area contributed by atoms with Gasteiger partial charge in [-0.2, -0.15) is 0 Å². The van der Waals surface area contributed by atoms with Gasteiger partial charge in [0, 0.05) is 25.9 Å². The first kappa shape index (κ1) is 14.4. The number of hydrogen-bond donors (Lipinski definition) is 2. The molecule has 0 atom stereocenters. The maximum absolute atomic E-state index is 12.1. The maximum Gasteiger partial charge on any atom is 0.255 e. The third-order valence-corrected chi connectivity index (χ3v) is 4.05. The molecule has 3 N–H and O–H groups in total. The van der Waals surface area contributed by atoms with Crippen molar-refractivity contribution in [2.45, 2.75) is 0 Å². The summed E-state index contributed by atoms with van der Waals surface area (Å²) in [5.74, 6) is -0.244. The van der Waals surface area contributed by atoms with Crippen LogP contribution in [0.3, 0.4) is 0 Å². The summed E-state index contributed by atoms with van der Waals surface area (Å²) < 4.78 is 1.53. The number of carbonyl (C=O) groups excluding carboxylic acids is 1. The van der Waals surface area contributed by atoms with Gasteiger partial charge in [0.15, 0.2) is 0 Å². The highest BCUT2D eigenvalue weighted by atomic mass is 79.9. The number of nitrogens with two attached hydrogens (primary N) is 1. The molecule has 0 heterocycles. The van der Waals surface area contributed by atoms with Gasteiger partial charge < -0.3 is 11.1 Å². The molecule has 0 aliphatic carbocycles. The Morgan fingerprint density at radius 2 is 1.89 bits per heavy atom. The standard InChI is InChI=1S/C13H9Br2ClN2O/c14-8-3-7(4-9(17)5-8)13(19)18-10-1-2-11(15)12(16)6-10/h1-6H,17H2,(H,18,19). The van der Waals surface area contributed by atoms with Crippen molar-refractivity contribution in [1.29, 1.82) is 0 Å². The van der Waals surface area contributed by atoms with E-state index in [0.717, 1.165) is 8.95 Å². The number of anilines is 2. The Labute approximate surface area is 132 Å². The van der Waals surface area contributed by atoms with Crippen molar-refractivity contribution in [2.24, 2.45) is 0 Å². The summed E-state index contributed by atoms with van der Waals surface area (Å²) in [5, 5.41) is 3.29. The average Bonchev–Trinajstić information content (AvgIpc) is 2.32. The van der Waals surface area contributed by atoms with Gasteiger partial charge in [-0.1, -0.05) is 27.5 Å². The lowest BCUT2D eigenvalue weighted by Crippen LogP contribution is -2.12. The van der Waals surface area contributed by atoms with Gasteiger partial charge in [-0.15, -0.1) is 0 Å². The molecule has 0 spiro atoms. The molecule has 0 bridgehead atoms. The lowest BCUT2D eigenvalue weighted by atomic mass is 10.2. The Bertz CT molecular complexity index is 626. The fraction of sp³-hybridized carbons (Fsp3) is 0. The Balaban J connectivity index is 2.22. The predicted octanol–water partition coefficient (Wildman–Crippen LogP) is 4.70. The Morgan fingerprint density at radius 3 is 2.53 bits per heavy atom. The number of benzene rings is 2. The fourth-order valence-corrected chi connectivity index (χ4v) is 2.46. The minimum absolute atomic E-state index is 0.244. The van der Waals surface area contributed by atoms with Crippen LogP contribution in [0.25, 0.3) is 0 Å². The minimum Gasteiger partial charge on any atom is -0.399 e. The quantitative estimate of drug-likeness (QED) is 0.713. The van der Waals surface area contributed by atoms with E-state index >= 15 is 0 Å². The van der Waals surface area contributed by atoms with E-state index in [1.807, 2.05) is 0 Å². The highest BCUT2D eigenvalue weighted by molar-refractivity contribution is 9.10. The van der Waals surface area contributed by atoms with Crippen molar-refractivity contribution in [3.05, 3.63) is 55.9 Å². The molecular formula is C13H9Br2ClN2O. The van der Waals surface area contributed by atoms with E-state index in [-0.39, 0.29) is 5.91 Å². The number of halogens is 3. The van der Waals surface area contributed by atoms with Crippen LogP contribution in [0, 0.1) is 0 Å². The molecule has 0 radical (unpaired) electrons. The van der Waals surface area contributed by atoms with Crippen molar-refractivity contribution in [3.63, 3.8) is 0 Å². The van der Waals surface area contributed by atoms with Crippen molar-refractivity contribution < 1.29 is 4.79 Å². The number of nitrogen functional groups attached to an aromatic ring is 1. The summed E-state index contributed by atoms with van der Waals surface area (Å²) in [7, 11) is 0. The van der Waals surface area contributed by atoms with Crippen LogP contribution < -0.4 is 11.1 Å². The van der Waals surface area contributed by atoms with Crippen LogP contribution in [0.4, 0.5) is 11.4 Å². The van der Waals surface area contributed by atoms with E-state index in [1.165, 1.54) is 0 Å². The molecule has 19 heavy (non-hydrogen) atoms. The monoisotopic (exact) mass is 402 g/mol. The zero-order chi connectivity index (χ0) is 14.0. The molecule has 1 amide bonds. The maximum atomic E-state index is 12.1. The molecule has 2 aromatic carbocycles. The van der Waals surface area contributed by atoms with Gasteiger partial charge in [-0.3, -0.25) is 4.79 Å². The molecule has 6 heteroatoms. The van der Waals surface area contributed by atoms with Gasteiger partial charge in [0.1, 0.15) is 0 Å². The number of carbonyl (C=O) groups is 1. The summed E-state index contributed by atoms with van der Waals surface area (Å²) in [6, 6.07) is 10.2. The zero-order valence-corrected chi connectivity index (χ0v) is 13.5. The topological polar surface area (TPSA) is 55.1 Å². The number of hydrogen-bond acceptors (Lipinski definition) is 2. The highest BCUT2D eigenvalue weighted by Gasteiger charge is 2.08. The lowest BCUT2D eigenvalue weighted by Gasteiger charge is -2.07. The van der Waals surface area contributed by atoms with Crippen LogP contribution in [0.5, 0.6) is 0 Å². The first-order valence-electron chi connectivity index (χ1n) is 5.28. The SMILES string of the molecule is Nc1cc(Br)cc(C(=O)Nc2ccc(Br)c(Cl)c2)c1. The summed E-state index contributed by atoms with van der Waals surface area (Å²) in [4.78, 5) is 12.1. The molecule has 0 aromatic heterocycles. The van der Waals surface area contributed by atoms with E-state index in [0.29, 0.717) is 22.0 Å². The zero-order valence-electron chi connectivity index (χ0n) is 9.58. The molecule has 0 aliphatic heterocycles. The molecule has 0 saturated carbocycles. The fourth-order valence-electron chi connectivity index (χ4n) is 1.52. The van der Waals surface area contributed by atoms with E-state index in [4.69, 9.17) is 17.3 Å². The van der Waals surface area contributed by atoms with Crippen molar-refractivity contribution in [1.82, 2.24) is 0 Å². The van der Waals surface area contributed by atoms with Gasteiger partial charge in [0.05, 0.1) is 5.02 Å². The van der Waals surface area contributed by atoms with Gasteiger partial charge >= 0.3 is 0 Å². The summed E-state index contributed by atoms with van der Waals surface area (Å²) in [5.41, 5.74) is 7.32. The Hall–Kier alpha value is -1.04. The van der Waals surface area contributed by atoms with Crippen molar-refractivity contribution in [2.75, 3.05) is 11.1 Å². The first-order chi connectivity index (χ1) is 8.95. The summed E-state index contributed by atoms with van der Waals surface area (Å²) in [6.45, 7) is 0. The third kappa shape index (κ3) is 3.72. The van der Waals surface area contributed by atoms with E-state index < -0.39 is 0 Å². The number of amides is 1. The molecule has 3 nitrogen and oxygen atoms in total. The molecule has 0 unspecified atom stereocenters. The van der Waals surface area contributed by atoms with Crippen LogP contribution >= 0.6 is 43.5 Å². The molecule has 2 aromatic rings. The van der Waals surface area contributed by atoms with E-state index in [2.05, 4.69) is 37.2 Å². The van der Waals surface area contributed by atoms with Crippen LogP contribution in [0.15, 0.2) is 45.3 Å². The molecule has 0 fully saturated rings. The molecule has 2 rings (SSSR count). The third-order valence-electron chi connectivity index (χ3n) is 2.36. The highest BCUT2D eigenvalue weighted by Crippen LogP contribution is 2.26. The van der Waals surface area contributed by atoms with Gasteiger partial charge in [0.2, 0.25) is 0 Å². The van der Waals surface area contributed by atoms with Crippen molar-refractivity contribution >= 4 is 60.7 Å². The second kappa shape index (κ2) is 5.94. The van der Waals surface area contributed by atoms with Gasteiger partial charge in [-0.05, 0) is 52.3 Å². The van der Waals surface area contributed by atoms with Gasteiger partial charge in [-0.25, -0.2) is 0 Å². The summed E-state index contributed by atoms with van der Waals surface area (Å²) >= 11 is 12.6. The summed E-state index contributed by atoms with van der Waals surface area (Å²) in [6.07, 6.45) is 0. The Kier molecular flexibility index (Phi) is 4.50. The van der Waals surface area contributed by atoms with E-state index in [9.17, 15) is 4.79 Å². The van der Waals surface area contributed by atoms with Crippen molar-refractivity contribution in [3.8, 4) is 0 Å². The lowest BCUT2D eigenvalue weighted by molar-refractivity contribution is 0.102. The predicted molar refractivity (Wildman–Crippen MR) is 85.7 cm³/mol. The average molecular weight is 404 g/mol. The second-order valence-electron chi connectivity index (χ2n) is 3.86. The first-order valence-corrected chi connectivity index (χ1v) is 7.24. The number of rotatable bonds is 2. The normalized spacial score (nSPS) is 10.3. The molecule has 0 aliphatic rings. The van der Waals surface area contributed by atoms with Crippen LogP contribution in [0.2, 0.25) is 5.02 Å². The van der Waals surface area contributed by atoms with Crippen LogP contribution in [-0.2, 0) is 0 Å². The van der Waals surface area contributed by atoms with Crippen LogP contribution in [-0.4, -0.2) is 5.91 Å². The second-order valence-corrected chi connectivity index (χ2v) is 6.03. The van der Waals surface area contributed by atoms with Gasteiger partial charge in [0.25, 0.3) is 5.91 Å². The minimum atomic E-state index is -0.244. The molecule has 0 saturated heterocycles.